The number of aryl methyl sites for hydroxylation is 1. The number of benzene rings is 2. The third kappa shape index (κ3) is 6.33. The van der Waals surface area contributed by atoms with Crippen LogP contribution in [0.2, 0.25) is 5.02 Å². The largest absolute Gasteiger partial charge is 0.497 e. The van der Waals surface area contributed by atoms with Gasteiger partial charge in [0.15, 0.2) is 11.5 Å². The van der Waals surface area contributed by atoms with Crippen LogP contribution in [0.3, 0.4) is 0 Å². The highest BCUT2D eigenvalue weighted by Gasteiger charge is 2.21. The summed E-state index contributed by atoms with van der Waals surface area (Å²) in [5.41, 5.74) is 1.61. The lowest BCUT2D eigenvalue weighted by Gasteiger charge is -2.22. The number of halogens is 1. The highest BCUT2D eigenvalue weighted by atomic mass is 35.5. The maximum absolute atomic E-state index is 12.7. The summed E-state index contributed by atoms with van der Waals surface area (Å²) in [5, 5.41) is 3.28. The highest BCUT2D eigenvalue weighted by Crippen LogP contribution is 2.37. The zero-order valence-corrected chi connectivity index (χ0v) is 20.1. The first-order chi connectivity index (χ1) is 16.5. The average molecular weight is 488 g/mol. The molecule has 0 atom stereocenters. The molecule has 0 saturated carbocycles. The first kappa shape index (κ1) is 24.2. The second kappa shape index (κ2) is 11.4. The topological polar surface area (TPSA) is 80.3 Å². The van der Waals surface area contributed by atoms with E-state index in [9.17, 15) is 9.59 Å². The van der Waals surface area contributed by atoms with Gasteiger partial charge in [0.1, 0.15) is 19.0 Å². The predicted octanol–water partition coefficient (Wildman–Crippen LogP) is 3.23. The van der Waals surface area contributed by atoms with Crippen LogP contribution in [0.1, 0.15) is 18.4 Å². The van der Waals surface area contributed by atoms with Gasteiger partial charge in [-0.1, -0.05) is 23.7 Å². The van der Waals surface area contributed by atoms with E-state index in [1.807, 2.05) is 29.2 Å². The van der Waals surface area contributed by atoms with Gasteiger partial charge in [-0.05, 0) is 30.5 Å². The van der Waals surface area contributed by atoms with Gasteiger partial charge in [0.25, 0.3) is 0 Å². The minimum atomic E-state index is -0.155. The quantitative estimate of drug-likeness (QED) is 0.646. The van der Waals surface area contributed by atoms with Gasteiger partial charge in [-0.25, -0.2) is 0 Å². The molecule has 1 saturated heterocycles. The molecule has 2 amide bonds. The van der Waals surface area contributed by atoms with E-state index in [-0.39, 0.29) is 18.4 Å². The second-order valence-electron chi connectivity index (χ2n) is 8.38. The molecule has 0 aliphatic carbocycles. The molecule has 0 spiro atoms. The molecule has 0 aromatic heterocycles. The normalized spacial score (nSPS) is 16.0. The number of hydrogen-bond acceptors (Lipinski definition) is 6. The molecule has 9 heteroatoms. The van der Waals surface area contributed by atoms with Crippen molar-refractivity contribution in [1.29, 1.82) is 0 Å². The fourth-order valence-electron chi connectivity index (χ4n) is 4.13. The van der Waals surface area contributed by atoms with Gasteiger partial charge in [-0.3, -0.25) is 14.5 Å². The first-order valence-corrected chi connectivity index (χ1v) is 11.9. The van der Waals surface area contributed by atoms with Crippen LogP contribution in [0.5, 0.6) is 17.2 Å². The number of amides is 2. The number of carbonyl (C=O) groups excluding carboxylic acids is 2. The molecule has 1 N–H and O–H groups in total. The fraction of sp³-hybridized carbons (Fsp3) is 0.440. The van der Waals surface area contributed by atoms with Gasteiger partial charge in [0.2, 0.25) is 11.8 Å². The fourth-order valence-corrected chi connectivity index (χ4v) is 4.33. The number of anilines is 1. The SMILES string of the molecule is COc1ccc(CCC(=O)N2CCCN(CC(=O)Nc3cc4c(cc3Cl)OCCO4)CC2)cc1. The molecule has 2 aliphatic heterocycles. The van der Waals surface area contributed by atoms with E-state index in [1.165, 1.54) is 0 Å². The maximum atomic E-state index is 12.7. The lowest BCUT2D eigenvalue weighted by atomic mass is 10.1. The van der Waals surface area contributed by atoms with Crippen molar-refractivity contribution in [2.24, 2.45) is 0 Å². The Morgan fingerprint density at radius 2 is 1.76 bits per heavy atom. The van der Waals surface area contributed by atoms with Crippen molar-refractivity contribution in [3.63, 3.8) is 0 Å². The van der Waals surface area contributed by atoms with Crippen molar-refractivity contribution in [2.75, 3.05) is 58.4 Å². The summed E-state index contributed by atoms with van der Waals surface area (Å²) in [4.78, 5) is 29.4. The Hall–Kier alpha value is -2.97. The summed E-state index contributed by atoms with van der Waals surface area (Å²) >= 11 is 6.30. The van der Waals surface area contributed by atoms with Gasteiger partial charge >= 0.3 is 0 Å². The van der Waals surface area contributed by atoms with E-state index in [2.05, 4.69) is 10.2 Å². The summed E-state index contributed by atoms with van der Waals surface area (Å²) in [5.74, 6) is 1.95. The number of fused-ring (bicyclic) bond motifs is 1. The Bertz CT molecular complexity index is 1010. The van der Waals surface area contributed by atoms with Crippen molar-refractivity contribution in [1.82, 2.24) is 9.80 Å². The molecule has 2 heterocycles. The van der Waals surface area contributed by atoms with E-state index in [0.717, 1.165) is 24.3 Å². The number of hydrogen-bond donors (Lipinski definition) is 1. The third-order valence-electron chi connectivity index (χ3n) is 6.00. The summed E-state index contributed by atoms with van der Waals surface area (Å²) in [6.07, 6.45) is 1.99. The van der Waals surface area contributed by atoms with Crippen molar-refractivity contribution in [2.45, 2.75) is 19.3 Å². The monoisotopic (exact) mass is 487 g/mol. The van der Waals surface area contributed by atoms with Gasteiger partial charge < -0.3 is 24.4 Å². The smallest absolute Gasteiger partial charge is 0.238 e. The molecule has 2 aromatic rings. The van der Waals surface area contributed by atoms with Crippen LogP contribution in [-0.2, 0) is 16.0 Å². The van der Waals surface area contributed by atoms with E-state index in [0.29, 0.717) is 67.9 Å². The number of carbonyl (C=O) groups is 2. The average Bonchev–Trinajstić information content (AvgIpc) is 3.09. The highest BCUT2D eigenvalue weighted by molar-refractivity contribution is 6.34. The molecule has 8 nitrogen and oxygen atoms in total. The number of nitrogens with one attached hydrogen (secondary N) is 1. The maximum Gasteiger partial charge on any atom is 0.238 e. The van der Waals surface area contributed by atoms with E-state index in [4.69, 9.17) is 25.8 Å². The Labute approximate surface area is 204 Å². The van der Waals surface area contributed by atoms with Crippen LogP contribution < -0.4 is 19.5 Å². The predicted molar refractivity (Wildman–Crippen MR) is 130 cm³/mol. The summed E-state index contributed by atoms with van der Waals surface area (Å²) in [6.45, 7) is 3.89. The van der Waals surface area contributed by atoms with Gasteiger partial charge in [-0.15, -0.1) is 0 Å². The Balaban J connectivity index is 1.24. The minimum Gasteiger partial charge on any atom is -0.497 e. The zero-order chi connectivity index (χ0) is 23.9. The van der Waals surface area contributed by atoms with Crippen LogP contribution in [0.4, 0.5) is 5.69 Å². The molecule has 1 fully saturated rings. The number of rotatable bonds is 7. The van der Waals surface area contributed by atoms with Gasteiger partial charge in [0.05, 0.1) is 24.4 Å². The number of ether oxygens (including phenoxy) is 3. The molecule has 2 aromatic carbocycles. The lowest BCUT2D eigenvalue weighted by molar-refractivity contribution is -0.131. The van der Waals surface area contributed by atoms with Gasteiger partial charge in [-0.2, -0.15) is 0 Å². The number of nitrogens with zero attached hydrogens (tertiary/aromatic N) is 2. The molecule has 0 unspecified atom stereocenters. The molecular weight excluding hydrogens is 458 g/mol. The molecule has 0 bridgehead atoms. The van der Waals surface area contributed by atoms with Crippen LogP contribution >= 0.6 is 11.6 Å². The van der Waals surface area contributed by atoms with E-state index < -0.39 is 0 Å². The summed E-state index contributed by atoms with van der Waals surface area (Å²) in [7, 11) is 1.64. The molecule has 0 radical (unpaired) electrons. The molecule has 182 valence electrons. The minimum absolute atomic E-state index is 0.144. The van der Waals surface area contributed by atoms with Crippen molar-refractivity contribution < 1.29 is 23.8 Å². The Kier molecular flexibility index (Phi) is 8.13. The Morgan fingerprint density at radius 1 is 1.03 bits per heavy atom. The number of methoxy groups -OCH3 is 1. The molecule has 2 aliphatic rings. The first-order valence-electron chi connectivity index (χ1n) is 11.5. The van der Waals surface area contributed by atoms with Crippen LogP contribution in [0.25, 0.3) is 0 Å². The van der Waals surface area contributed by atoms with Crippen molar-refractivity contribution >= 4 is 29.1 Å². The summed E-state index contributed by atoms with van der Waals surface area (Å²) in [6, 6.07) is 11.2. The summed E-state index contributed by atoms with van der Waals surface area (Å²) < 4.78 is 16.3. The van der Waals surface area contributed by atoms with E-state index >= 15 is 0 Å². The van der Waals surface area contributed by atoms with E-state index in [1.54, 1.807) is 19.2 Å². The van der Waals surface area contributed by atoms with Gasteiger partial charge in [0, 0.05) is 44.7 Å². The second-order valence-corrected chi connectivity index (χ2v) is 8.79. The van der Waals surface area contributed by atoms with Crippen molar-refractivity contribution in [3.8, 4) is 17.2 Å². The van der Waals surface area contributed by atoms with Crippen LogP contribution in [0.15, 0.2) is 36.4 Å². The molecule has 34 heavy (non-hydrogen) atoms. The molecular formula is C25H30ClN3O5. The lowest BCUT2D eigenvalue weighted by Crippen LogP contribution is -2.38. The third-order valence-corrected chi connectivity index (χ3v) is 6.31. The molecule has 4 rings (SSSR count). The standard InChI is InChI=1S/C25H30ClN3O5/c1-32-19-6-3-18(4-7-19)5-8-25(31)29-10-2-9-28(11-12-29)17-24(30)27-21-16-23-22(15-20(21)26)33-13-14-34-23/h3-4,6-7,15-16H,2,5,8-14,17H2,1H3,(H,27,30). The van der Waals surface area contributed by atoms with Crippen LogP contribution in [0, 0.1) is 0 Å². The Morgan fingerprint density at radius 3 is 2.50 bits per heavy atom. The van der Waals surface area contributed by atoms with Crippen LogP contribution in [-0.4, -0.2) is 74.7 Å². The zero-order valence-electron chi connectivity index (χ0n) is 19.3. The van der Waals surface area contributed by atoms with Crippen molar-refractivity contribution in [3.05, 3.63) is 47.0 Å².